The van der Waals surface area contributed by atoms with Crippen LogP contribution in [0.3, 0.4) is 0 Å². The van der Waals surface area contributed by atoms with E-state index >= 15 is 0 Å². The van der Waals surface area contributed by atoms with Crippen LogP contribution in [0.4, 0.5) is 5.82 Å². The molecule has 0 atom stereocenters. The minimum Gasteiger partial charge on any atom is -0.477 e. The highest BCUT2D eigenvalue weighted by Crippen LogP contribution is 2.26. The molecule has 0 spiro atoms. The summed E-state index contributed by atoms with van der Waals surface area (Å²) in [6, 6.07) is 1.74. The van der Waals surface area contributed by atoms with E-state index in [1.54, 1.807) is 38.7 Å². The molecule has 1 saturated heterocycles. The molecule has 3 aromatic rings. The lowest BCUT2D eigenvalue weighted by atomic mass is 10.1. The maximum absolute atomic E-state index is 12.6. The number of guanidine groups is 2. The first kappa shape index (κ1) is 24.6. The third-order valence-corrected chi connectivity index (χ3v) is 5.66. The molecule has 0 aromatic carbocycles. The number of β-amino-alcohol motifs (C(OH)–C–C–N with tert-alkyl or cyclic N) is 1. The molecule has 180 valence electrons. The van der Waals surface area contributed by atoms with Crippen LogP contribution in [0, 0.1) is 17.7 Å². The summed E-state index contributed by atoms with van der Waals surface area (Å²) >= 11 is 1.32. The van der Waals surface area contributed by atoms with Gasteiger partial charge in [-0.05, 0) is 18.6 Å². The highest BCUT2D eigenvalue weighted by atomic mass is 32.1. The van der Waals surface area contributed by atoms with Crippen molar-refractivity contribution < 1.29 is 15.0 Å². The molecule has 13 nitrogen and oxygen atoms in total. The molecule has 4 heterocycles. The molecule has 0 saturated carbocycles. The molecule has 0 aliphatic carbocycles. The van der Waals surface area contributed by atoms with Gasteiger partial charge in [0.2, 0.25) is 5.43 Å². The zero-order chi connectivity index (χ0) is 25.2. The Kier molecular flexibility index (Phi) is 7.12. The number of aromatic carboxylic acids is 1. The number of carboxylic acid groups (broad SMARTS) is 1. The number of carboxylic acids is 1. The number of nitrogens with zero attached hydrogens (tertiary/aromatic N) is 5. The summed E-state index contributed by atoms with van der Waals surface area (Å²) in [5, 5.41) is 37.5. The zero-order valence-electron chi connectivity index (χ0n) is 18.7. The minimum atomic E-state index is -1.29. The first-order chi connectivity index (χ1) is 16.0. The van der Waals surface area contributed by atoms with Crippen molar-refractivity contribution in [3.8, 4) is 5.13 Å². The number of aliphatic hydroxyl groups is 1. The number of hydrogen-bond donors (Lipinski definition) is 6. The second kappa shape index (κ2) is 9.84. The molecule has 0 amide bonds. The first-order valence-corrected chi connectivity index (χ1v) is 10.9. The Labute approximate surface area is 198 Å². The quantitative estimate of drug-likeness (QED) is 0.216. The fourth-order valence-electron chi connectivity index (χ4n) is 3.15. The van der Waals surface area contributed by atoms with E-state index in [9.17, 15) is 19.8 Å². The van der Waals surface area contributed by atoms with Crippen molar-refractivity contribution in [1.82, 2.24) is 24.8 Å². The average Bonchev–Trinajstić information content (AvgIpc) is 3.25. The van der Waals surface area contributed by atoms with Crippen LogP contribution in [0.1, 0.15) is 15.9 Å². The Bertz CT molecular complexity index is 1300. The topological polar surface area (TPSA) is 198 Å². The number of fused-ring (bicyclic) bond motifs is 1. The molecular weight excluding hydrogens is 462 g/mol. The van der Waals surface area contributed by atoms with Crippen molar-refractivity contribution in [2.75, 3.05) is 32.1 Å². The molecule has 0 radical (unpaired) electrons. The molecule has 1 fully saturated rings. The monoisotopic (exact) mass is 487 g/mol. The van der Waals surface area contributed by atoms with Crippen molar-refractivity contribution >= 4 is 46.1 Å². The molecule has 14 heteroatoms. The second-order valence-corrected chi connectivity index (χ2v) is 8.57. The van der Waals surface area contributed by atoms with E-state index in [2.05, 4.69) is 15.3 Å². The van der Waals surface area contributed by atoms with E-state index in [4.69, 9.17) is 16.6 Å². The standard InChI is InChI=1S/C16H14N4O4S.C4H11N5/c1-8-4-11(19-5-9(21)6-19)18-14-12(8)13(22)10(15(23)24)7-20(14)16-17-2-3-25-16;1-9(2)4(7)8-3(5)6/h2-4,7,9,21H,5-6H2,1H3,(H,23,24);1-2H3,(H5,5,6,7,8). The number of rotatable bonds is 3. The summed E-state index contributed by atoms with van der Waals surface area (Å²) in [6.07, 6.45) is 2.49. The van der Waals surface area contributed by atoms with Gasteiger partial charge >= 0.3 is 5.97 Å². The molecule has 34 heavy (non-hydrogen) atoms. The van der Waals surface area contributed by atoms with Gasteiger partial charge in [-0.3, -0.25) is 25.5 Å². The Balaban J connectivity index is 0.000000309. The largest absolute Gasteiger partial charge is 0.477 e. The number of aryl methyl sites for hydroxylation is 1. The number of nitrogens with two attached hydrogens (primary N) is 1. The van der Waals surface area contributed by atoms with Crippen LogP contribution in [-0.4, -0.2) is 80.8 Å². The number of anilines is 1. The first-order valence-electron chi connectivity index (χ1n) is 9.99. The maximum atomic E-state index is 12.6. The van der Waals surface area contributed by atoms with Crippen molar-refractivity contribution in [3.63, 3.8) is 0 Å². The van der Waals surface area contributed by atoms with Crippen LogP contribution in [-0.2, 0) is 0 Å². The number of thiazole rings is 1. The molecular formula is C20H25N9O4S. The lowest BCUT2D eigenvalue weighted by Crippen LogP contribution is -2.51. The summed E-state index contributed by atoms with van der Waals surface area (Å²) in [4.78, 5) is 36.3. The van der Waals surface area contributed by atoms with Gasteiger partial charge in [-0.2, -0.15) is 0 Å². The third-order valence-electron chi connectivity index (χ3n) is 4.88. The smallest absolute Gasteiger partial charge is 0.341 e. The van der Waals surface area contributed by atoms with Crippen molar-refractivity contribution in [2.45, 2.75) is 13.0 Å². The van der Waals surface area contributed by atoms with E-state index in [-0.39, 0.29) is 29.0 Å². The number of pyridine rings is 2. The van der Waals surface area contributed by atoms with Crippen LogP contribution in [0.15, 0.2) is 28.6 Å². The van der Waals surface area contributed by atoms with Crippen molar-refractivity contribution in [2.24, 2.45) is 5.73 Å². The van der Waals surface area contributed by atoms with E-state index < -0.39 is 11.4 Å². The van der Waals surface area contributed by atoms with Gasteiger partial charge in [-0.1, -0.05) is 0 Å². The van der Waals surface area contributed by atoms with Gasteiger partial charge in [-0.25, -0.2) is 14.8 Å². The number of nitrogens with one attached hydrogen (secondary N) is 3. The number of aliphatic hydroxyl groups excluding tert-OH is 1. The van der Waals surface area contributed by atoms with E-state index in [1.807, 2.05) is 4.90 Å². The second-order valence-electron chi connectivity index (χ2n) is 7.70. The normalized spacial score (nSPS) is 13.0. The van der Waals surface area contributed by atoms with Gasteiger partial charge < -0.3 is 25.7 Å². The maximum Gasteiger partial charge on any atom is 0.341 e. The predicted molar refractivity (Wildman–Crippen MR) is 129 cm³/mol. The fraction of sp³-hybridized carbons (Fsp3) is 0.300. The van der Waals surface area contributed by atoms with Crippen molar-refractivity contribution in [1.29, 1.82) is 10.8 Å². The van der Waals surface area contributed by atoms with Gasteiger partial charge in [0.1, 0.15) is 11.4 Å². The third kappa shape index (κ3) is 5.13. The van der Waals surface area contributed by atoms with Gasteiger partial charge in [0.15, 0.2) is 22.7 Å². The Hall–Kier alpha value is -4.04. The lowest BCUT2D eigenvalue weighted by molar-refractivity contribution is 0.0695. The minimum absolute atomic E-state index is 0.113. The highest BCUT2D eigenvalue weighted by Gasteiger charge is 2.27. The van der Waals surface area contributed by atoms with Crippen LogP contribution in [0.5, 0.6) is 0 Å². The van der Waals surface area contributed by atoms with Crippen LogP contribution in [0.25, 0.3) is 16.2 Å². The Morgan fingerprint density at radius 1 is 1.35 bits per heavy atom. The van der Waals surface area contributed by atoms with Crippen LogP contribution in [0.2, 0.25) is 0 Å². The Morgan fingerprint density at radius 2 is 2.03 bits per heavy atom. The van der Waals surface area contributed by atoms with E-state index in [1.165, 1.54) is 27.0 Å². The summed E-state index contributed by atoms with van der Waals surface area (Å²) in [6.45, 7) is 2.71. The molecule has 1 aliphatic rings. The predicted octanol–water partition coefficient (Wildman–Crippen LogP) is -0.00444. The van der Waals surface area contributed by atoms with Crippen LogP contribution >= 0.6 is 11.3 Å². The summed E-state index contributed by atoms with van der Waals surface area (Å²) < 4.78 is 1.54. The van der Waals surface area contributed by atoms with Crippen molar-refractivity contribution in [3.05, 3.63) is 45.2 Å². The molecule has 3 aromatic heterocycles. The summed E-state index contributed by atoms with van der Waals surface area (Å²) in [5.74, 6) is -0.745. The molecule has 4 rings (SSSR count). The summed E-state index contributed by atoms with van der Waals surface area (Å²) in [5.41, 5.74) is 5.06. The number of carbonyl (C=O) groups is 1. The molecule has 7 N–H and O–H groups in total. The highest BCUT2D eigenvalue weighted by molar-refractivity contribution is 7.12. The SMILES string of the molecule is CN(C)C(=N)NC(=N)N.Cc1cc(N2CC(O)C2)nc2c1c(=O)c(C(=O)O)cn2-c1nccs1. The van der Waals surface area contributed by atoms with Crippen LogP contribution < -0.4 is 21.4 Å². The van der Waals surface area contributed by atoms with Gasteiger partial charge in [0, 0.05) is 45.0 Å². The number of hydrogen-bond acceptors (Lipinski definition) is 9. The lowest BCUT2D eigenvalue weighted by Gasteiger charge is -2.37. The average molecular weight is 488 g/mol. The van der Waals surface area contributed by atoms with E-state index in [0.29, 0.717) is 35.2 Å². The van der Waals surface area contributed by atoms with Gasteiger partial charge in [0.25, 0.3) is 0 Å². The fourth-order valence-corrected chi connectivity index (χ4v) is 3.77. The van der Waals surface area contributed by atoms with E-state index in [0.717, 1.165) is 0 Å². The summed E-state index contributed by atoms with van der Waals surface area (Å²) in [7, 11) is 3.39. The zero-order valence-corrected chi connectivity index (χ0v) is 19.6. The van der Waals surface area contributed by atoms with Gasteiger partial charge in [-0.15, -0.1) is 11.3 Å². The van der Waals surface area contributed by atoms with Gasteiger partial charge in [0.05, 0.1) is 11.5 Å². The molecule has 1 aliphatic heterocycles. The Morgan fingerprint density at radius 3 is 2.50 bits per heavy atom. The molecule has 0 unspecified atom stereocenters. The number of aromatic nitrogens is 3. The molecule has 0 bridgehead atoms.